The molecule has 4 rings (SSSR count). The fraction of sp³-hybridized carbons (Fsp3) is 0.476. The van der Waals surface area contributed by atoms with Crippen LogP contribution in [0.4, 0.5) is 22.0 Å². The number of carbonyl (C=O) groups is 2. The van der Waals surface area contributed by atoms with Gasteiger partial charge in [0.1, 0.15) is 17.7 Å². The Bertz CT molecular complexity index is 1940. The number of benzene rings is 2. The molecule has 1 N–H and O–H groups in total. The van der Waals surface area contributed by atoms with Gasteiger partial charge in [-0.2, -0.15) is 18.2 Å². The summed E-state index contributed by atoms with van der Waals surface area (Å²) in [6, 6.07) is 1.26. The van der Waals surface area contributed by atoms with E-state index in [0.717, 1.165) is 36.7 Å². The zero-order chi connectivity index (χ0) is 41.2. The number of hydrogen-bond acceptors (Lipinski definition) is 7. The van der Waals surface area contributed by atoms with Crippen molar-refractivity contribution in [2.45, 2.75) is 96.5 Å². The summed E-state index contributed by atoms with van der Waals surface area (Å²) in [7, 11) is 1.67. The first-order valence-electron chi connectivity index (χ1n) is 18.8. The SMILES string of the molecule is C=CCCCCc1cc(F)cc(C)c1-c1cc([C@H](CC(=O)OCC)NC(=O)[C@H](CC=C)n2cc(CCCN3CC(OC)C3)c(C)nc2=O)c(F)c(C(F)(F)F)c1. The van der Waals surface area contributed by atoms with E-state index in [1.807, 2.05) is 0 Å². The first-order valence-corrected chi connectivity index (χ1v) is 18.8. The van der Waals surface area contributed by atoms with Crippen LogP contribution in [0, 0.1) is 25.5 Å². The number of ether oxygens (including phenoxy) is 2. The number of methoxy groups -OCH3 is 1. The van der Waals surface area contributed by atoms with Gasteiger partial charge < -0.3 is 14.8 Å². The molecule has 1 aromatic heterocycles. The molecule has 304 valence electrons. The number of aromatic nitrogens is 2. The molecule has 14 heteroatoms. The predicted molar refractivity (Wildman–Crippen MR) is 204 cm³/mol. The van der Waals surface area contributed by atoms with Gasteiger partial charge >= 0.3 is 17.8 Å². The summed E-state index contributed by atoms with van der Waals surface area (Å²) in [5, 5.41) is 2.56. The van der Waals surface area contributed by atoms with Crippen molar-refractivity contribution in [1.29, 1.82) is 0 Å². The van der Waals surface area contributed by atoms with Gasteiger partial charge in [0.25, 0.3) is 0 Å². The van der Waals surface area contributed by atoms with Gasteiger partial charge in [-0.05, 0) is 124 Å². The van der Waals surface area contributed by atoms with Crippen molar-refractivity contribution in [3.05, 3.63) is 111 Å². The number of amides is 1. The molecule has 0 spiro atoms. The second-order valence-corrected chi connectivity index (χ2v) is 14.1. The Balaban J connectivity index is 1.77. The van der Waals surface area contributed by atoms with Crippen LogP contribution in [-0.4, -0.2) is 65.8 Å². The standard InChI is InChI=1S/C42H51F5N4O5/c1-7-10-11-12-15-28-19-31(43)18-26(4)38(28)30-20-33(39(44)34(21-30)42(45,46)47)35(22-37(52)56-9-3)49-40(53)36(14-8-2)51-23-29(27(5)48-41(51)54)16-13-17-50-24-32(25-50)55-6/h7-8,18-21,23,32,35-36H,1-2,9-17,22,24-25H2,3-6H3,(H,49,53)/t35-,36-/m0/s1. The summed E-state index contributed by atoms with van der Waals surface area (Å²) in [4.78, 5) is 46.7. The van der Waals surface area contributed by atoms with Gasteiger partial charge in [-0.25, -0.2) is 13.6 Å². The van der Waals surface area contributed by atoms with Crippen molar-refractivity contribution in [2.24, 2.45) is 0 Å². The van der Waals surface area contributed by atoms with Gasteiger partial charge in [-0.3, -0.25) is 19.1 Å². The Labute approximate surface area is 324 Å². The van der Waals surface area contributed by atoms with Gasteiger partial charge in [0, 0.05) is 37.7 Å². The maximum Gasteiger partial charge on any atom is 0.419 e. The predicted octanol–water partition coefficient (Wildman–Crippen LogP) is 7.91. The van der Waals surface area contributed by atoms with E-state index in [0.29, 0.717) is 60.6 Å². The molecule has 2 aromatic carbocycles. The molecule has 2 heterocycles. The zero-order valence-electron chi connectivity index (χ0n) is 32.4. The minimum absolute atomic E-state index is 0.0738. The average molecular weight is 787 g/mol. The summed E-state index contributed by atoms with van der Waals surface area (Å²) in [5.74, 6) is -4.07. The molecule has 0 aliphatic carbocycles. The second kappa shape index (κ2) is 19.9. The van der Waals surface area contributed by atoms with Crippen LogP contribution in [0.2, 0.25) is 0 Å². The molecule has 2 atom stereocenters. The smallest absolute Gasteiger partial charge is 0.419 e. The third kappa shape index (κ3) is 11.2. The minimum Gasteiger partial charge on any atom is -0.466 e. The molecule has 1 saturated heterocycles. The Morgan fingerprint density at radius 3 is 2.39 bits per heavy atom. The van der Waals surface area contributed by atoms with Crippen molar-refractivity contribution in [3.63, 3.8) is 0 Å². The Morgan fingerprint density at radius 1 is 1.04 bits per heavy atom. The molecule has 9 nitrogen and oxygen atoms in total. The van der Waals surface area contributed by atoms with Gasteiger partial charge in [0.05, 0.1) is 30.7 Å². The number of likely N-dealkylation sites (tertiary alicyclic amines) is 1. The van der Waals surface area contributed by atoms with E-state index in [4.69, 9.17) is 9.47 Å². The van der Waals surface area contributed by atoms with E-state index in [9.17, 15) is 31.9 Å². The van der Waals surface area contributed by atoms with Crippen molar-refractivity contribution < 1.29 is 41.0 Å². The molecule has 0 radical (unpaired) electrons. The maximum absolute atomic E-state index is 16.2. The fourth-order valence-electron chi connectivity index (χ4n) is 7.08. The number of nitrogens with one attached hydrogen (secondary N) is 1. The number of unbranched alkanes of at least 4 members (excludes halogenated alkanes) is 2. The summed E-state index contributed by atoms with van der Waals surface area (Å²) in [6.45, 7) is 14.5. The van der Waals surface area contributed by atoms with Crippen LogP contribution < -0.4 is 11.0 Å². The van der Waals surface area contributed by atoms with Crippen molar-refractivity contribution in [1.82, 2.24) is 19.8 Å². The minimum atomic E-state index is -5.19. The molecule has 1 aliphatic heterocycles. The fourth-order valence-corrected chi connectivity index (χ4v) is 7.08. The average Bonchev–Trinajstić information content (AvgIpc) is 3.10. The van der Waals surface area contributed by atoms with Crippen LogP contribution >= 0.6 is 0 Å². The third-order valence-corrected chi connectivity index (χ3v) is 10.00. The van der Waals surface area contributed by atoms with E-state index in [1.165, 1.54) is 31.3 Å². The highest BCUT2D eigenvalue weighted by Gasteiger charge is 2.38. The molecular weight excluding hydrogens is 735 g/mol. The molecular formula is C42H51F5N4O5. The number of nitrogens with zero attached hydrogens (tertiary/aromatic N) is 3. The topological polar surface area (TPSA) is 103 Å². The molecule has 0 unspecified atom stereocenters. The molecule has 1 aliphatic rings. The number of aryl methyl sites for hydroxylation is 4. The number of carbonyl (C=O) groups excluding carboxylic acids is 2. The quantitative estimate of drug-likeness (QED) is 0.0538. The number of hydrogen-bond donors (Lipinski definition) is 1. The number of esters is 1. The lowest BCUT2D eigenvalue weighted by Gasteiger charge is -2.38. The summed E-state index contributed by atoms with van der Waals surface area (Å²) in [6.07, 6.45) is 2.39. The number of rotatable bonds is 20. The van der Waals surface area contributed by atoms with Crippen molar-refractivity contribution in [2.75, 3.05) is 33.4 Å². The first-order chi connectivity index (χ1) is 26.6. The van der Waals surface area contributed by atoms with Gasteiger partial charge in [-0.1, -0.05) is 12.2 Å². The van der Waals surface area contributed by atoms with Crippen molar-refractivity contribution >= 4 is 11.9 Å². The summed E-state index contributed by atoms with van der Waals surface area (Å²) >= 11 is 0. The number of allylic oxidation sites excluding steroid dienone is 2. The molecule has 1 amide bonds. The third-order valence-electron chi connectivity index (χ3n) is 10.00. The molecule has 3 aromatic rings. The second-order valence-electron chi connectivity index (χ2n) is 14.1. The van der Waals surface area contributed by atoms with Crippen LogP contribution in [0.3, 0.4) is 0 Å². The highest BCUT2D eigenvalue weighted by Crippen LogP contribution is 2.40. The Hall–Kier alpha value is -4.69. The molecule has 0 bridgehead atoms. The van der Waals surface area contributed by atoms with E-state index in [-0.39, 0.29) is 30.3 Å². The number of alkyl halides is 3. The van der Waals surface area contributed by atoms with Gasteiger partial charge in [0.2, 0.25) is 5.91 Å². The lowest BCUT2D eigenvalue weighted by Crippen LogP contribution is -2.51. The van der Waals surface area contributed by atoms with E-state index < -0.39 is 65.0 Å². The lowest BCUT2D eigenvalue weighted by atomic mass is 9.88. The summed E-state index contributed by atoms with van der Waals surface area (Å²) < 4.78 is 86.2. The maximum atomic E-state index is 16.2. The normalized spacial score (nSPS) is 14.5. The molecule has 1 fully saturated rings. The van der Waals surface area contributed by atoms with Gasteiger partial charge in [0.15, 0.2) is 0 Å². The molecule has 56 heavy (non-hydrogen) atoms. The molecule has 0 saturated carbocycles. The number of halogens is 5. The van der Waals surface area contributed by atoms with Crippen molar-refractivity contribution in [3.8, 4) is 11.1 Å². The monoisotopic (exact) mass is 786 g/mol. The van der Waals surface area contributed by atoms with Crippen LogP contribution in [0.25, 0.3) is 11.1 Å². The highest BCUT2D eigenvalue weighted by molar-refractivity contribution is 5.82. The Kier molecular flexibility index (Phi) is 15.7. The van der Waals surface area contributed by atoms with Crippen LogP contribution in [0.1, 0.15) is 91.0 Å². The largest absolute Gasteiger partial charge is 0.466 e. The zero-order valence-corrected chi connectivity index (χ0v) is 32.4. The van der Waals surface area contributed by atoms with E-state index in [2.05, 4.69) is 28.4 Å². The first kappa shape index (κ1) is 44.0. The summed E-state index contributed by atoms with van der Waals surface area (Å²) in [5.41, 5.74) is -0.878. The van der Waals surface area contributed by atoms with E-state index in [1.54, 1.807) is 27.0 Å². The van der Waals surface area contributed by atoms with E-state index >= 15 is 4.39 Å². The highest BCUT2D eigenvalue weighted by atomic mass is 19.4. The van der Waals surface area contributed by atoms with Crippen LogP contribution in [-0.2, 0) is 38.1 Å². The lowest BCUT2D eigenvalue weighted by molar-refractivity contribution is -0.144. The van der Waals surface area contributed by atoms with Crippen LogP contribution in [0.5, 0.6) is 0 Å². The van der Waals surface area contributed by atoms with Gasteiger partial charge in [-0.15, -0.1) is 13.2 Å². The van der Waals surface area contributed by atoms with Crippen LogP contribution in [0.15, 0.2) is 60.6 Å². The Morgan fingerprint density at radius 2 is 1.75 bits per heavy atom.